The number of amides is 1. The molecule has 2 aromatic carbocycles. The molecule has 0 spiro atoms. The van der Waals surface area contributed by atoms with Crippen molar-refractivity contribution in [2.45, 2.75) is 18.7 Å². The van der Waals surface area contributed by atoms with Crippen molar-refractivity contribution in [1.82, 2.24) is 0 Å². The molecule has 4 nitrogen and oxygen atoms in total. The molecule has 134 valence electrons. The molecule has 0 aliphatic carbocycles. The standard InChI is InChI=1S/C18H19ClFNO3S/c1-3-23-16-8-5-12(9-17(16)24-4-2)21-18(22)11-25-13-6-7-15(20)14(19)10-13/h5-10H,3-4,11H2,1-2H3,(H,21,22). The fourth-order valence-corrected chi connectivity index (χ4v) is 3.02. The summed E-state index contributed by atoms with van der Waals surface area (Å²) >= 11 is 7.01. The summed E-state index contributed by atoms with van der Waals surface area (Å²) in [5.41, 5.74) is 0.620. The Morgan fingerprint density at radius 1 is 1.12 bits per heavy atom. The zero-order chi connectivity index (χ0) is 18.2. The Kier molecular flexibility index (Phi) is 7.40. The molecule has 0 aliphatic heterocycles. The van der Waals surface area contributed by atoms with Gasteiger partial charge in [-0.05, 0) is 44.2 Å². The first-order valence-corrected chi connectivity index (χ1v) is 9.17. The Bertz CT molecular complexity index is 742. The quantitative estimate of drug-likeness (QED) is 0.651. The molecule has 2 aromatic rings. The molecular weight excluding hydrogens is 365 g/mol. The van der Waals surface area contributed by atoms with E-state index in [-0.39, 0.29) is 16.7 Å². The monoisotopic (exact) mass is 383 g/mol. The van der Waals surface area contributed by atoms with Gasteiger partial charge in [0, 0.05) is 16.6 Å². The first-order chi connectivity index (χ1) is 12.0. The Morgan fingerprint density at radius 2 is 1.84 bits per heavy atom. The van der Waals surface area contributed by atoms with Crippen molar-refractivity contribution in [3.8, 4) is 11.5 Å². The molecule has 0 aliphatic rings. The van der Waals surface area contributed by atoms with E-state index in [2.05, 4.69) is 5.32 Å². The number of anilines is 1. The predicted octanol–water partition coefficient (Wildman–Crippen LogP) is 5.01. The summed E-state index contributed by atoms with van der Waals surface area (Å²) in [5, 5.41) is 2.84. The van der Waals surface area contributed by atoms with Gasteiger partial charge < -0.3 is 14.8 Å². The van der Waals surface area contributed by atoms with Crippen molar-refractivity contribution >= 4 is 35.0 Å². The van der Waals surface area contributed by atoms with Gasteiger partial charge in [-0.15, -0.1) is 11.8 Å². The molecular formula is C18H19ClFNO3S. The van der Waals surface area contributed by atoms with Crippen LogP contribution in [0.15, 0.2) is 41.3 Å². The lowest BCUT2D eigenvalue weighted by Gasteiger charge is -2.13. The normalized spacial score (nSPS) is 10.4. The molecule has 0 bridgehead atoms. The lowest BCUT2D eigenvalue weighted by molar-refractivity contribution is -0.113. The van der Waals surface area contributed by atoms with Crippen molar-refractivity contribution in [2.75, 3.05) is 24.3 Å². The summed E-state index contributed by atoms with van der Waals surface area (Å²) in [4.78, 5) is 12.8. The Hall–Kier alpha value is -1.92. The first kappa shape index (κ1) is 19.4. The minimum atomic E-state index is -0.478. The minimum Gasteiger partial charge on any atom is -0.490 e. The van der Waals surface area contributed by atoms with Crippen LogP contribution in [0.4, 0.5) is 10.1 Å². The predicted molar refractivity (Wildman–Crippen MR) is 99.5 cm³/mol. The second-order valence-corrected chi connectivity index (χ2v) is 6.40. The van der Waals surface area contributed by atoms with Gasteiger partial charge in [0.1, 0.15) is 5.82 Å². The molecule has 0 fully saturated rings. The number of hydrogen-bond donors (Lipinski definition) is 1. The summed E-state index contributed by atoms with van der Waals surface area (Å²) < 4.78 is 24.2. The number of ether oxygens (including phenoxy) is 2. The minimum absolute atomic E-state index is 0.0401. The number of thioether (sulfide) groups is 1. The molecule has 0 saturated heterocycles. The number of rotatable bonds is 8. The van der Waals surface area contributed by atoms with Crippen molar-refractivity contribution in [3.05, 3.63) is 47.2 Å². The molecule has 1 amide bonds. The third-order valence-electron chi connectivity index (χ3n) is 3.09. The zero-order valence-corrected chi connectivity index (χ0v) is 15.5. The molecule has 0 heterocycles. The smallest absolute Gasteiger partial charge is 0.234 e. The van der Waals surface area contributed by atoms with Crippen LogP contribution in [0.1, 0.15) is 13.8 Å². The van der Waals surface area contributed by atoms with Crippen molar-refractivity contribution in [3.63, 3.8) is 0 Å². The van der Waals surface area contributed by atoms with E-state index in [1.807, 2.05) is 13.8 Å². The average Bonchev–Trinajstić information content (AvgIpc) is 2.59. The van der Waals surface area contributed by atoms with Crippen molar-refractivity contribution in [2.24, 2.45) is 0 Å². The first-order valence-electron chi connectivity index (χ1n) is 7.80. The van der Waals surface area contributed by atoms with Crippen LogP contribution in [0.2, 0.25) is 5.02 Å². The highest BCUT2D eigenvalue weighted by molar-refractivity contribution is 8.00. The van der Waals surface area contributed by atoms with Gasteiger partial charge in [0.25, 0.3) is 0 Å². The third-order valence-corrected chi connectivity index (χ3v) is 4.37. The van der Waals surface area contributed by atoms with E-state index in [9.17, 15) is 9.18 Å². The maximum Gasteiger partial charge on any atom is 0.234 e. The van der Waals surface area contributed by atoms with Gasteiger partial charge in [0.15, 0.2) is 11.5 Å². The van der Waals surface area contributed by atoms with Crippen LogP contribution in [-0.4, -0.2) is 24.9 Å². The van der Waals surface area contributed by atoms with Crippen LogP contribution in [-0.2, 0) is 4.79 Å². The number of hydrogen-bond acceptors (Lipinski definition) is 4. The van der Waals surface area contributed by atoms with Gasteiger partial charge in [-0.25, -0.2) is 4.39 Å². The molecule has 25 heavy (non-hydrogen) atoms. The number of carbonyl (C=O) groups excluding carboxylic acids is 1. The highest BCUT2D eigenvalue weighted by Crippen LogP contribution is 2.31. The molecule has 7 heteroatoms. The van der Waals surface area contributed by atoms with Gasteiger partial charge in [-0.2, -0.15) is 0 Å². The van der Waals surface area contributed by atoms with Crippen LogP contribution in [0.5, 0.6) is 11.5 Å². The Labute approximate surface area is 155 Å². The van der Waals surface area contributed by atoms with Crippen LogP contribution in [0, 0.1) is 5.82 Å². The lowest BCUT2D eigenvalue weighted by atomic mass is 10.2. The van der Waals surface area contributed by atoms with Gasteiger partial charge in [0.2, 0.25) is 5.91 Å². The summed E-state index contributed by atoms with van der Waals surface area (Å²) in [5.74, 6) is 0.738. The molecule has 0 unspecified atom stereocenters. The van der Waals surface area contributed by atoms with Gasteiger partial charge in [-0.3, -0.25) is 4.79 Å². The van der Waals surface area contributed by atoms with Crippen LogP contribution < -0.4 is 14.8 Å². The summed E-state index contributed by atoms with van der Waals surface area (Å²) in [6.45, 7) is 4.80. The molecule has 2 rings (SSSR count). The number of carbonyl (C=O) groups is 1. The molecule has 0 radical (unpaired) electrons. The van der Waals surface area contributed by atoms with E-state index >= 15 is 0 Å². The highest BCUT2D eigenvalue weighted by atomic mass is 35.5. The second-order valence-electron chi connectivity index (χ2n) is 4.94. The van der Waals surface area contributed by atoms with Gasteiger partial charge in [-0.1, -0.05) is 11.6 Å². The van der Waals surface area contributed by atoms with E-state index in [1.165, 1.54) is 23.9 Å². The number of halogens is 2. The summed E-state index contributed by atoms with van der Waals surface area (Å²) in [6.07, 6.45) is 0. The Balaban J connectivity index is 1.97. The molecule has 0 atom stereocenters. The molecule has 0 aromatic heterocycles. The van der Waals surface area contributed by atoms with Gasteiger partial charge >= 0.3 is 0 Å². The highest BCUT2D eigenvalue weighted by Gasteiger charge is 2.10. The van der Waals surface area contributed by atoms with Crippen LogP contribution >= 0.6 is 23.4 Å². The largest absolute Gasteiger partial charge is 0.490 e. The maximum absolute atomic E-state index is 13.1. The van der Waals surface area contributed by atoms with Crippen molar-refractivity contribution < 1.29 is 18.7 Å². The maximum atomic E-state index is 13.1. The summed E-state index contributed by atoms with van der Waals surface area (Å²) in [7, 11) is 0. The zero-order valence-electron chi connectivity index (χ0n) is 14.0. The molecule has 1 N–H and O–H groups in total. The number of benzene rings is 2. The third kappa shape index (κ3) is 5.83. The summed E-state index contributed by atoms with van der Waals surface area (Å²) in [6, 6.07) is 9.61. The number of nitrogens with one attached hydrogen (secondary N) is 1. The molecule has 0 saturated carbocycles. The van der Waals surface area contributed by atoms with Gasteiger partial charge in [0.05, 0.1) is 24.0 Å². The van der Waals surface area contributed by atoms with E-state index in [1.54, 1.807) is 24.3 Å². The van der Waals surface area contributed by atoms with E-state index in [4.69, 9.17) is 21.1 Å². The second kappa shape index (κ2) is 9.53. The average molecular weight is 384 g/mol. The lowest BCUT2D eigenvalue weighted by Crippen LogP contribution is -2.14. The van der Waals surface area contributed by atoms with Crippen molar-refractivity contribution in [1.29, 1.82) is 0 Å². The SMILES string of the molecule is CCOc1ccc(NC(=O)CSc2ccc(F)c(Cl)c2)cc1OCC. The van der Waals surface area contributed by atoms with E-state index < -0.39 is 5.82 Å². The van der Waals surface area contributed by atoms with Crippen LogP contribution in [0.3, 0.4) is 0 Å². The van der Waals surface area contributed by atoms with E-state index in [0.717, 1.165) is 4.90 Å². The van der Waals surface area contributed by atoms with Crippen LogP contribution in [0.25, 0.3) is 0 Å². The topological polar surface area (TPSA) is 47.6 Å². The fraction of sp³-hybridized carbons (Fsp3) is 0.278. The Morgan fingerprint density at radius 3 is 2.52 bits per heavy atom. The fourth-order valence-electron chi connectivity index (χ4n) is 2.04. The van der Waals surface area contributed by atoms with E-state index in [0.29, 0.717) is 30.4 Å².